The summed E-state index contributed by atoms with van der Waals surface area (Å²) in [6.45, 7) is -0.548. The quantitative estimate of drug-likeness (QED) is 0.331. The van der Waals surface area contributed by atoms with Gasteiger partial charge in [-0.15, -0.1) is 0 Å². The van der Waals surface area contributed by atoms with Gasteiger partial charge in [-0.3, -0.25) is 10.1 Å². The number of hydrogen-bond acceptors (Lipinski definition) is 10. The molecule has 1 N–H and O–H groups in total. The molecule has 0 radical (unpaired) electrons. The molecule has 27 heavy (non-hydrogen) atoms. The predicted molar refractivity (Wildman–Crippen MR) is 93.2 cm³/mol. The van der Waals surface area contributed by atoms with E-state index in [-0.39, 0.29) is 36.0 Å². The Hall–Kier alpha value is -4.25. The van der Waals surface area contributed by atoms with Gasteiger partial charge in [0, 0.05) is 0 Å². The van der Waals surface area contributed by atoms with Crippen LogP contribution in [0.2, 0.25) is 0 Å². The van der Waals surface area contributed by atoms with E-state index in [0.717, 1.165) is 11.2 Å². The largest absolute Gasteiger partial charge is 0.465 e. The second-order valence-electron chi connectivity index (χ2n) is 4.99. The Kier molecular flexibility index (Phi) is 6.17. The lowest BCUT2D eigenvalue weighted by atomic mass is 10.2. The normalized spacial score (nSPS) is 9.59. The van der Waals surface area contributed by atoms with Gasteiger partial charge in [-0.25, -0.2) is 14.8 Å². The van der Waals surface area contributed by atoms with Crippen LogP contribution in [-0.4, -0.2) is 41.1 Å². The van der Waals surface area contributed by atoms with E-state index in [0.29, 0.717) is 0 Å². The minimum absolute atomic E-state index is 0.153. The molecule has 0 unspecified atom stereocenters. The number of ether oxygens (including phenoxy) is 1. The van der Waals surface area contributed by atoms with Crippen LogP contribution in [0.3, 0.4) is 0 Å². The van der Waals surface area contributed by atoms with Crippen LogP contribution in [0.1, 0.15) is 10.4 Å². The van der Waals surface area contributed by atoms with Crippen molar-refractivity contribution in [2.75, 3.05) is 30.4 Å². The molecule has 0 aliphatic carbocycles. The molecule has 0 spiro atoms. The van der Waals surface area contributed by atoms with Crippen LogP contribution in [0.5, 0.6) is 0 Å². The molecule has 2 rings (SSSR count). The molecule has 0 amide bonds. The van der Waals surface area contributed by atoms with Crippen LogP contribution in [0, 0.1) is 32.8 Å². The van der Waals surface area contributed by atoms with Gasteiger partial charge in [0.15, 0.2) is 0 Å². The zero-order chi connectivity index (χ0) is 19.8. The predicted octanol–water partition coefficient (Wildman–Crippen LogP) is 1.77. The van der Waals surface area contributed by atoms with Gasteiger partial charge in [-0.2, -0.15) is 10.5 Å². The maximum Gasteiger partial charge on any atom is 0.353 e. The van der Waals surface area contributed by atoms with Crippen LogP contribution in [0.25, 0.3) is 0 Å². The number of para-hydroxylation sites is 1. The molecular formula is C16H13N7O4. The first kappa shape index (κ1) is 19.1. The molecular weight excluding hydrogens is 354 g/mol. The Bertz CT molecular complexity index is 933. The minimum Gasteiger partial charge on any atom is -0.465 e. The van der Waals surface area contributed by atoms with Crippen molar-refractivity contribution < 1.29 is 14.5 Å². The first-order valence-corrected chi connectivity index (χ1v) is 7.46. The lowest BCUT2D eigenvalue weighted by Crippen LogP contribution is -2.26. The number of nitrogens with zero attached hydrogens (tertiary/aromatic N) is 6. The number of nitro groups is 1. The number of aromatic nitrogens is 2. The van der Waals surface area contributed by atoms with Gasteiger partial charge in [0.2, 0.25) is 11.6 Å². The molecule has 0 atom stereocenters. The third kappa shape index (κ3) is 4.24. The Morgan fingerprint density at radius 3 is 2.56 bits per heavy atom. The van der Waals surface area contributed by atoms with Crippen molar-refractivity contribution in [3.05, 3.63) is 46.3 Å². The minimum atomic E-state index is -0.722. The topological polar surface area (TPSA) is 158 Å². The number of anilines is 3. The van der Waals surface area contributed by atoms with Crippen LogP contribution in [0.4, 0.5) is 23.0 Å². The first-order valence-electron chi connectivity index (χ1n) is 7.46. The third-order valence-corrected chi connectivity index (χ3v) is 3.39. The van der Waals surface area contributed by atoms with Gasteiger partial charge in [0.1, 0.15) is 19.4 Å². The van der Waals surface area contributed by atoms with Crippen molar-refractivity contribution in [3.8, 4) is 12.1 Å². The molecule has 0 fully saturated rings. The van der Waals surface area contributed by atoms with E-state index in [1.165, 1.54) is 19.2 Å². The van der Waals surface area contributed by atoms with Crippen molar-refractivity contribution in [2.45, 2.75) is 0 Å². The van der Waals surface area contributed by atoms with Crippen LogP contribution >= 0.6 is 0 Å². The second-order valence-corrected chi connectivity index (χ2v) is 4.99. The monoisotopic (exact) mass is 367 g/mol. The molecule has 0 saturated heterocycles. The molecule has 2 aromatic rings. The van der Waals surface area contributed by atoms with Crippen molar-refractivity contribution >= 4 is 29.0 Å². The second kappa shape index (κ2) is 8.73. The maximum absolute atomic E-state index is 11.9. The number of nitriles is 2. The third-order valence-electron chi connectivity index (χ3n) is 3.39. The molecule has 0 bridgehead atoms. The van der Waals surface area contributed by atoms with E-state index >= 15 is 0 Å². The van der Waals surface area contributed by atoms with Gasteiger partial charge in [0.25, 0.3) is 0 Å². The van der Waals surface area contributed by atoms with Crippen LogP contribution in [0.15, 0.2) is 30.6 Å². The number of hydrogen-bond donors (Lipinski definition) is 1. The summed E-state index contributed by atoms with van der Waals surface area (Å²) >= 11 is 0. The standard InChI is InChI=1S/C16H13N7O4/c1-27-16(24)11-4-2-3-5-12(11)21-14-13(23(25)26)15(20-10-19-14)22(8-6-17)9-7-18/h2-5,10H,8-9H2,1H3,(H,19,20,21). The van der Waals surface area contributed by atoms with Crippen LogP contribution in [-0.2, 0) is 4.74 Å². The highest BCUT2D eigenvalue weighted by Gasteiger charge is 2.28. The van der Waals surface area contributed by atoms with Crippen LogP contribution < -0.4 is 10.2 Å². The number of esters is 1. The summed E-state index contributed by atoms with van der Waals surface area (Å²) in [5.74, 6) is -1.01. The number of carbonyl (C=O) groups is 1. The zero-order valence-corrected chi connectivity index (χ0v) is 14.1. The SMILES string of the molecule is COC(=O)c1ccccc1Nc1ncnc(N(CC#N)CC#N)c1[N+](=O)[O-]. The maximum atomic E-state index is 11.9. The van der Waals surface area contributed by atoms with Crippen molar-refractivity contribution in [2.24, 2.45) is 0 Å². The number of methoxy groups -OCH3 is 1. The Labute approximate surface area is 153 Å². The molecule has 1 aromatic heterocycles. The summed E-state index contributed by atoms with van der Waals surface area (Å²) in [6.07, 6.45) is 1.06. The highest BCUT2D eigenvalue weighted by Crippen LogP contribution is 2.34. The number of nitrogens with one attached hydrogen (secondary N) is 1. The highest BCUT2D eigenvalue weighted by atomic mass is 16.6. The number of carbonyl (C=O) groups excluding carboxylic acids is 1. The summed E-state index contributed by atoms with van der Waals surface area (Å²) < 4.78 is 4.69. The van der Waals surface area contributed by atoms with Crippen molar-refractivity contribution in [3.63, 3.8) is 0 Å². The Balaban J connectivity index is 2.55. The molecule has 11 nitrogen and oxygen atoms in total. The molecule has 0 aliphatic heterocycles. The first-order chi connectivity index (χ1) is 13.0. The fourth-order valence-electron chi connectivity index (χ4n) is 2.24. The summed E-state index contributed by atoms with van der Waals surface area (Å²) in [6, 6.07) is 9.91. The lowest BCUT2D eigenvalue weighted by Gasteiger charge is -2.18. The molecule has 0 aliphatic rings. The Morgan fingerprint density at radius 1 is 1.30 bits per heavy atom. The van der Waals surface area contributed by atoms with Gasteiger partial charge in [-0.05, 0) is 12.1 Å². The number of benzene rings is 1. The lowest BCUT2D eigenvalue weighted by molar-refractivity contribution is -0.383. The molecule has 1 heterocycles. The zero-order valence-electron chi connectivity index (χ0n) is 14.1. The van der Waals surface area contributed by atoms with Gasteiger partial charge >= 0.3 is 11.7 Å². The fraction of sp³-hybridized carbons (Fsp3) is 0.188. The highest BCUT2D eigenvalue weighted by molar-refractivity contribution is 5.96. The summed E-state index contributed by atoms with van der Waals surface area (Å²) in [7, 11) is 1.21. The van der Waals surface area contributed by atoms with E-state index in [1.54, 1.807) is 12.1 Å². The van der Waals surface area contributed by atoms with E-state index < -0.39 is 16.6 Å². The van der Waals surface area contributed by atoms with Crippen molar-refractivity contribution in [1.82, 2.24) is 9.97 Å². The molecule has 11 heteroatoms. The van der Waals surface area contributed by atoms with Crippen molar-refractivity contribution in [1.29, 1.82) is 10.5 Å². The van der Waals surface area contributed by atoms with E-state index in [2.05, 4.69) is 15.3 Å². The smallest absolute Gasteiger partial charge is 0.353 e. The van der Waals surface area contributed by atoms with Gasteiger partial charge in [0.05, 0.1) is 35.4 Å². The average molecular weight is 367 g/mol. The van der Waals surface area contributed by atoms with Gasteiger partial charge < -0.3 is 15.0 Å². The van der Waals surface area contributed by atoms with Gasteiger partial charge in [-0.1, -0.05) is 12.1 Å². The summed E-state index contributed by atoms with van der Waals surface area (Å²) in [4.78, 5) is 31.7. The molecule has 1 aromatic carbocycles. The molecule has 0 saturated carbocycles. The number of rotatable bonds is 7. The fourth-order valence-corrected chi connectivity index (χ4v) is 2.24. The summed E-state index contributed by atoms with van der Waals surface area (Å²) in [5.41, 5.74) is -0.132. The van der Waals surface area contributed by atoms with E-state index in [1.807, 2.05) is 12.1 Å². The Morgan fingerprint density at radius 2 is 1.96 bits per heavy atom. The van der Waals surface area contributed by atoms with E-state index in [4.69, 9.17) is 15.3 Å². The average Bonchev–Trinajstić information content (AvgIpc) is 2.67. The molecule has 136 valence electrons. The van der Waals surface area contributed by atoms with E-state index in [9.17, 15) is 14.9 Å². The summed E-state index contributed by atoms with van der Waals surface area (Å²) in [5, 5.41) is 32.2.